The zero-order valence-electron chi connectivity index (χ0n) is 10.7. The second-order valence-electron chi connectivity index (χ2n) is 4.56. The number of rotatable bonds is 6. The van der Waals surface area contributed by atoms with Crippen LogP contribution in [0.5, 0.6) is 0 Å². The fourth-order valence-electron chi connectivity index (χ4n) is 1.93. The van der Waals surface area contributed by atoms with Crippen LogP contribution >= 0.6 is 0 Å². The lowest BCUT2D eigenvalue weighted by Crippen LogP contribution is -2.32. The van der Waals surface area contributed by atoms with Crippen molar-refractivity contribution < 1.29 is 19.5 Å². The Bertz CT molecular complexity index is 525. The fourth-order valence-corrected chi connectivity index (χ4v) is 1.93. The van der Waals surface area contributed by atoms with E-state index in [2.05, 4.69) is 10.3 Å². The number of carbonyl (C=O) groups is 3. The molecule has 1 aromatic heterocycles. The Hall–Kier alpha value is -2.29. The Labute approximate surface area is 114 Å². The number of hydrogen-bond acceptors (Lipinski definition) is 6. The number of carboxylic acid groups (broad SMARTS) is 1. The topological polar surface area (TPSA) is 131 Å². The van der Waals surface area contributed by atoms with Crippen LogP contribution in [0.25, 0.3) is 0 Å². The normalized spacial score (nSPS) is 16.8. The summed E-state index contributed by atoms with van der Waals surface area (Å²) in [6.07, 6.45) is 2.16. The molecule has 0 aromatic carbocycles. The van der Waals surface area contributed by atoms with E-state index in [-0.39, 0.29) is 37.6 Å². The smallest absolute Gasteiger partial charge is 0.320 e. The lowest BCUT2D eigenvalue weighted by atomic mass is 10.2. The largest absolute Gasteiger partial charge is 0.480 e. The van der Waals surface area contributed by atoms with Crippen LogP contribution < -0.4 is 5.73 Å². The first-order chi connectivity index (χ1) is 9.47. The first kappa shape index (κ1) is 14.1. The minimum atomic E-state index is -1.10. The molecule has 2 amide bonds. The zero-order chi connectivity index (χ0) is 14.7. The van der Waals surface area contributed by atoms with Gasteiger partial charge in [-0.25, -0.2) is 0 Å². The van der Waals surface area contributed by atoms with E-state index in [9.17, 15) is 14.4 Å². The summed E-state index contributed by atoms with van der Waals surface area (Å²) in [5.41, 5.74) is 5.85. The van der Waals surface area contributed by atoms with Gasteiger partial charge < -0.3 is 10.8 Å². The van der Waals surface area contributed by atoms with E-state index in [1.165, 1.54) is 9.58 Å². The molecule has 0 bridgehead atoms. The van der Waals surface area contributed by atoms with Crippen molar-refractivity contribution in [2.75, 3.05) is 6.54 Å². The van der Waals surface area contributed by atoms with E-state index in [0.29, 0.717) is 12.2 Å². The van der Waals surface area contributed by atoms with Crippen LogP contribution in [0.4, 0.5) is 0 Å². The van der Waals surface area contributed by atoms with Crippen molar-refractivity contribution in [3.05, 3.63) is 11.9 Å². The number of imide groups is 1. The quantitative estimate of drug-likeness (QED) is 0.599. The molecular formula is C11H15N5O4. The van der Waals surface area contributed by atoms with Gasteiger partial charge >= 0.3 is 5.97 Å². The van der Waals surface area contributed by atoms with Crippen molar-refractivity contribution in [1.29, 1.82) is 0 Å². The van der Waals surface area contributed by atoms with Crippen LogP contribution in [0, 0.1) is 0 Å². The number of amides is 2. The molecular weight excluding hydrogens is 266 g/mol. The van der Waals surface area contributed by atoms with Crippen LogP contribution in [0.15, 0.2) is 6.20 Å². The summed E-state index contributed by atoms with van der Waals surface area (Å²) in [4.78, 5) is 34.6. The third kappa shape index (κ3) is 3.18. The summed E-state index contributed by atoms with van der Waals surface area (Å²) in [5, 5.41) is 16.3. The number of aliphatic carboxylic acids is 1. The van der Waals surface area contributed by atoms with Gasteiger partial charge in [0.15, 0.2) is 0 Å². The highest BCUT2D eigenvalue weighted by Gasteiger charge is 2.28. The van der Waals surface area contributed by atoms with Crippen molar-refractivity contribution in [3.8, 4) is 0 Å². The summed E-state index contributed by atoms with van der Waals surface area (Å²) < 4.78 is 1.46. The van der Waals surface area contributed by atoms with Crippen molar-refractivity contribution in [2.45, 2.75) is 31.8 Å². The molecule has 1 saturated heterocycles. The summed E-state index contributed by atoms with van der Waals surface area (Å²) in [6.45, 7) is 0.568. The molecule has 3 N–H and O–H groups in total. The van der Waals surface area contributed by atoms with Gasteiger partial charge in [0.05, 0.1) is 12.2 Å². The molecule has 0 saturated carbocycles. The molecule has 1 atom stereocenters. The van der Waals surface area contributed by atoms with E-state index in [4.69, 9.17) is 10.8 Å². The van der Waals surface area contributed by atoms with Gasteiger partial charge in [0, 0.05) is 32.0 Å². The first-order valence-electron chi connectivity index (χ1n) is 6.18. The van der Waals surface area contributed by atoms with Crippen molar-refractivity contribution in [1.82, 2.24) is 19.9 Å². The van der Waals surface area contributed by atoms with Gasteiger partial charge in [-0.05, 0) is 0 Å². The maximum absolute atomic E-state index is 11.4. The molecule has 1 unspecified atom stereocenters. The Morgan fingerprint density at radius 2 is 2.00 bits per heavy atom. The Kier molecular flexibility index (Phi) is 4.08. The van der Waals surface area contributed by atoms with E-state index in [1.807, 2.05) is 0 Å². The van der Waals surface area contributed by atoms with Crippen LogP contribution in [-0.2, 0) is 27.3 Å². The third-order valence-electron chi connectivity index (χ3n) is 3.04. The molecule has 9 nitrogen and oxygen atoms in total. The van der Waals surface area contributed by atoms with E-state index < -0.39 is 12.0 Å². The van der Waals surface area contributed by atoms with E-state index in [0.717, 1.165) is 0 Å². The number of hydrogen-bond donors (Lipinski definition) is 2. The molecule has 2 rings (SSSR count). The summed E-state index contributed by atoms with van der Waals surface area (Å²) in [5.74, 6) is -1.46. The van der Waals surface area contributed by atoms with Gasteiger partial charge in [0.1, 0.15) is 6.04 Å². The van der Waals surface area contributed by atoms with Gasteiger partial charge in [0.25, 0.3) is 0 Å². The number of carbonyl (C=O) groups excluding carboxylic acids is 2. The van der Waals surface area contributed by atoms with E-state index in [1.54, 1.807) is 6.20 Å². The molecule has 9 heteroatoms. The van der Waals surface area contributed by atoms with Gasteiger partial charge in [-0.3, -0.25) is 24.0 Å². The van der Waals surface area contributed by atoms with Crippen LogP contribution in [-0.4, -0.2) is 55.4 Å². The number of carboxylic acids is 1. The van der Waals surface area contributed by atoms with Crippen molar-refractivity contribution in [2.24, 2.45) is 5.73 Å². The highest BCUT2D eigenvalue weighted by molar-refractivity contribution is 6.01. The highest BCUT2D eigenvalue weighted by Crippen LogP contribution is 2.11. The number of nitrogens with zero attached hydrogens (tertiary/aromatic N) is 4. The molecule has 0 aliphatic carbocycles. The number of likely N-dealkylation sites (tertiary alicyclic amines) is 1. The van der Waals surface area contributed by atoms with Crippen molar-refractivity contribution in [3.63, 3.8) is 0 Å². The van der Waals surface area contributed by atoms with Crippen LogP contribution in [0.3, 0.4) is 0 Å². The fraction of sp³-hybridized carbons (Fsp3) is 0.545. The first-order valence-corrected chi connectivity index (χ1v) is 6.18. The SMILES string of the molecule is NC(Cc1cn(CCN2C(=O)CCC2=O)nn1)C(=O)O. The second-order valence-corrected chi connectivity index (χ2v) is 4.56. The predicted molar refractivity (Wildman–Crippen MR) is 65.3 cm³/mol. The molecule has 1 aliphatic heterocycles. The number of aromatic nitrogens is 3. The molecule has 0 radical (unpaired) electrons. The lowest BCUT2D eigenvalue weighted by molar-refractivity contribution is -0.139. The molecule has 2 heterocycles. The second kappa shape index (κ2) is 5.78. The molecule has 108 valence electrons. The molecule has 20 heavy (non-hydrogen) atoms. The summed E-state index contributed by atoms with van der Waals surface area (Å²) in [6, 6.07) is -1.03. The third-order valence-corrected chi connectivity index (χ3v) is 3.04. The predicted octanol–water partition coefficient (Wildman–Crippen LogP) is -1.62. The summed E-state index contributed by atoms with van der Waals surface area (Å²) >= 11 is 0. The molecule has 1 fully saturated rings. The maximum Gasteiger partial charge on any atom is 0.320 e. The average Bonchev–Trinajstić information content (AvgIpc) is 2.95. The Balaban J connectivity index is 1.88. The summed E-state index contributed by atoms with van der Waals surface area (Å²) in [7, 11) is 0. The molecule has 0 spiro atoms. The standard InChI is InChI=1S/C11H15N5O4/c12-8(11(19)20)5-7-6-15(14-13-7)3-4-16-9(17)1-2-10(16)18/h6,8H,1-5,12H2,(H,19,20). The highest BCUT2D eigenvalue weighted by atomic mass is 16.4. The van der Waals surface area contributed by atoms with Gasteiger partial charge in [-0.15, -0.1) is 5.10 Å². The minimum absolute atomic E-state index is 0.0803. The van der Waals surface area contributed by atoms with Crippen LogP contribution in [0.1, 0.15) is 18.5 Å². The van der Waals surface area contributed by atoms with Crippen molar-refractivity contribution >= 4 is 17.8 Å². The molecule has 1 aliphatic rings. The maximum atomic E-state index is 11.4. The van der Waals surface area contributed by atoms with Gasteiger partial charge in [-0.2, -0.15) is 0 Å². The average molecular weight is 281 g/mol. The van der Waals surface area contributed by atoms with Crippen LogP contribution in [0.2, 0.25) is 0 Å². The number of nitrogens with two attached hydrogens (primary N) is 1. The monoisotopic (exact) mass is 281 g/mol. The Morgan fingerprint density at radius 1 is 1.35 bits per heavy atom. The van der Waals surface area contributed by atoms with E-state index >= 15 is 0 Å². The molecule has 1 aromatic rings. The zero-order valence-corrected chi connectivity index (χ0v) is 10.7. The Morgan fingerprint density at radius 3 is 2.60 bits per heavy atom. The lowest BCUT2D eigenvalue weighted by Gasteiger charge is -2.12. The van der Waals surface area contributed by atoms with Gasteiger partial charge in [-0.1, -0.05) is 5.21 Å². The van der Waals surface area contributed by atoms with Gasteiger partial charge in [0.2, 0.25) is 11.8 Å². The minimum Gasteiger partial charge on any atom is -0.480 e.